The number of hydrogen-bond donors (Lipinski definition) is 0. The molecule has 0 aliphatic carbocycles. The van der Waals surface area contributed by atoms with Crippen LogP contribution in [0, 0.1) is 0 Å². The lowest BCUT2D eigenvalue weighted by Gasteiger charge is -2.18. The van der Waals surface area contributed by atoms with Crippen LogP contribution >= 0.6 is 0 Å². The van der Waals surface area contributed by atoms with Gasteiger partial charge in [-0.3, -0.25) is 0 Å². The molecule has 29 heavy (non-hydrogen) atoms. The van der Waals surface area contributed by atoms with Crippen molar-refractivity contribution in [1.82, 2.24) is 4.90 Å². The van der Waals surface area contributed by atoms with Gasteiger partial charge in [-0.2, -0.15) is 0 Å². The van der Waals surface area contributed by atoms with E-state index in [0.29, 0.717) is 6.61 Å². The van der Waals surface area contributed by atoms with Crippen LogP contribution in [0.2, 0.25) is 0 Å². The summed E-state index contributed by atoms with van der Waals surface area (Å²) in [6.45, 7) is 3.84. The van der Waals surface area contributed by atoms with E-state index in [1.807, 2.05) is 0 Å². The molecular weight excluding hydrogens is 354 g/mol. The molecule has 0 amide bonds. The molecule has 0 unspecified atom stereocenters. The Hall–Kier alpha value is -2.84. The van der Waals surface area contributed by atoms with Crippen molar-refractivity contribution in [3.8, 4) is 5.75 Å². The highest BCUT2D eigenvalue weighted by Crippen LogP contribution is 2.35. The maximum Gasteiger partial charge on any atom is 0.119 e. The fourth-order valence-electron chi connectivity index (χ4n) is 3.49. The molecule has 3 aromatic rings. The zero-order chi connectivity index (χ0) is 20.5. The van der Waals surface area contributed by atoms with Crippen LogP contribution in [0.4, 0.5) is 0 Å². The molecule has 150 valence electrons. The maximum absolute atomic E-state index is 5.89. The van der Waals surface area contributed by atoms with E-state index >= 15 is 0 Å². The van der Waals surface area contributed by atoms with Gasteiger partial charge in [0, 0.05) is 6.54 Å². The molecule has 0 heterocycles. The molecule has 3 rings (SSSR count). The molecule has 0 saturated carbocycles. The number of benzene rings is 3. The lowest BCUT2D eigenvalue weighted by molar-refractivity contribution is 0.261. The minimum absolute atomic E-state index is 0.693. The molecule has 0 aliphatic rings. The molecule has 0 N–H and O–H groups in total. The average Bonchev–Trinajstić information content (AvgIpc) is 2.75. The monoisotopic (exact) mass is 385 g/mol. The summed E-state index contributed by atoms with van der Waals surface area (Å²) in [4.78, 5) is 2.13. The first-order valence-electron chi connectivity index (χ1n) is 10.4. The van der Waals surface area contributed by atoms with Crippen molar-refractivity contribution in [1.29, 1.82) is 0 Å². The standard InChI is InChI=1S/C27H31NO/c1-4-11-26(22-12-7-5-8-13-22)27(23-14-9-6-10-15-23)24-16-18-25(19-17-24)29-21-20-28(2)3/h5-10,12-19H,4,11,20-21H2,1-3H3/b27-26+. The topological polar surface area (TPSA) is 12.5 Å². The van der Waals surface area contributed by atoms with E-state index in [2.05, 4.69) is 111 Å². The zero-order valence-corrected chi connectivity index (χ0v) is 17.8. The van der Waals surface area contributed by atoms with Gasteiger partial charge in [-0.25, -0.2) is 0 Å². The van der Waals surface area contributed by atoms with E-state index < -0.39 is 0 Å². The third-order valence-corrected chi connectivity index (χ3v) is 4.94. The average molecular weight is 386 g/mol. The lowest BCUT2D eigenvalue weighted by atomic mass is 9.87. The summed E-state index contributed by atoms with van der Waals surface area (Å²) in [5.41, 5.74) is 6.46. The molecule has 2 nitrogen and oxygen atoms in total. The molecule has 0 spiro atoms. The van der Waals surface area contributed by atoms with Crippen molar-refractivity contribution < 1.29 is 4.74 Å². The Morgan fingerprint density at radius 3 is 1.83 bits per heavy atom. The first kappa shape index (κ1) is 20.9. The van der Waals surface area contributed by atoms with Crippen LogP contribution in [-0.4, -0.2) is 32.1 Å². The van der Waals surface area contributed by atoms with E-state index in [-0.39, 0.29) is 0 Å². The fourth-order valence-corrected chi connectivity index (χ4v) is 3.49. The van der Waals surface area contributed by atoms with E-state index in [9.17, 15) is 0 Å². The van der Waals surface area contributed by atoms with Crippen LogP contribution in [0.5, 0.6) is 5.75 Å². The quantitative estimate of drug-likeness (QED) is 0.396. The van der Waals surface area contributed by atoms with E-state index in [4.69, 9.17) is 4.74 Å². The summed E-state index contributed by atoms with van der Waals surface area (Å²) in [7, 11) is 4.12. The highest BCUT2D eigenvalue weighted by molar-refractivity contribution is 5.98. The molecule has 0 radical (unpaired) electrons. The third kappa shape index (κ3) is 5.82. The molecule has 0 saturated heterocycles. The van der Waals surface area contributed by atoms with Gasteiger partial charge in [0.05, 0.1) is 0 Å². The van der Waals surface area contributed by atoms with Gasteiger partial charge in [0.2, 0.25) is 0 Å². The van der Waals surface area contributed by atoms with Crippen LogP contribution in [0.1, 0.15) is 36.5 Å². The molecule has 2 heteroatoms. The molecule has 0 bridgehead atoms. The lowest BCUT2D eigenvalue weighted by Crippen LogP contribution is -2.19. The summed E-state index contributed by atoms with van der Waals surface area (Å²) in [5, 5.41) is 0. The largest absolute Gasteiger partial charge is 0.492 e. The number of rotatable bonds is 9. The summed E-state index contributed by atoms with van der Waals surface area (Å²) in [6.07, 6.45) is 2.14. The van der Waals surface area contributed by atoms with Crippen molar-refractivity contribution in [2.45, 2.75) is 19.8 Å². The summed E-state index contributed by atoms with van der Waals surface area (Å²) in [5.74, 6) is 0.916. The Morgan fingerprint density at radius 2 is 1.28 bits per heavy atom. The third-order valence-electron chi connectivity index (χ3n) is 4.94. The van der Waals surface area contributed by atoms with E-state index in [1.165, 1.54) is 27.8 Å². The van der Waals surface area contributed by atoms with Crippen molar-refractivity contribution >= 4 is 11.1 Å². The van der Waals surface area contributed by atoms with Crippen molar-refractivity contribution in [3.05, 3.63) is 102 Å². The van der Waals surface area contributed by atoms with Crippen LogP contribution in [-0.2, 0) is 0 Å². The number of likely N-dealkylation sites (N-methyl/N-ethyl adjacent to an activating group) is 1. The summed E-state index contributed by atoms with van der Waals surface area (Å²) < 4.78 is 5.89. The van der Waals surface area contributed by atoms with Crippen molar-refractivity contribution in [2.24, 2.45) is 0 Å². The molecule has 3 aromatic carbocycles. The number of hydrogen-bond acceptors (Lipinski definition) is 2. The highest BCUT2D eigenvalue weighted by atomic mass is 16.5. The predicted octanol–water partition coefficient (Wildman–Crippen LogP) is 6.39. The fraction of sp³-hybridized carbons (Fsp3) is 0.259. The first-order valence-corrected chi connectivity index (χ1v) is 10.4. The Labute approximate surface area is 175 Å². The second kappa shape index (κ2) is 10.6. The van der Waals surface area contributed by atoms with Crippen molar-refractivity contribution in [2.75, 3.05) is 27.2 Å². The van der Waals surface area contributed by atoms with Gasteiger partial charge in [0.1, 0.15) is 12.4 Å². The Bertz CT molecular complexity index is 896. The molecule has 0 atom stereocenters. The second-order valence-electron chi connectivity index (χ2n) is 7.51. The van der Waals surface area contributed by atoms with Gasteiger partial charge in [-0.1, -0.05) is 86.1 Å². The van der Waals surface area contributed by atoms with Crippen LogP contribution < -0.4 is 4.74 Å². The van der Waals surface area contributed by atoms with Gasteiger partial charge < -0.3 is 9.64 Å². The normalized spacial score (nSPS) is 12.0. The van der Waals surface area contributed by atoms with E-state index in [0.717, 1.165) is 25.1 Å². The number of ether oxygens (including phenoxy) is 1. The zero-order valence-electron chi connectivity index (χ0n) is 17.8. The van der Waals surface area contributed by atoms with Crippen molar-refractivity contribution in [3.63, 3.8) is 0 Å². The number of nitrogens with zero attached hydrogens (tertiary/aromatic N) is 1. The summed E-state index contributed by atoms with van der Waals surface area (Å²) >= 11 is 0. The number of allylic oxidation sites excluding steroid dienone is 1. The smallest absolute Gasteiger partial charge is 0.119 e. The molecule has 0 fully saturated rings. The van der Waals surface area contributed by atoms with Gasteiger partial charge in [0.25, 0.3) is 0 Å². The van der Waals surface area contributed by atoms with Crippen LogP contribution in [0.3, 0.4) is 0 Å². The maximum atomic E-state index is 5.89. The van der Waals surface area contributed by atoms with Crippen LogP contribution in [0.25, 0.3) is 11.1 Å². The van der Waals surface area contributed by atoms with Gasteiger partial charge in [-0.15, -0.1) is 0 Å². The van der Waals surface area contributed by atoms with Gasteiger partial charge >= 0.3 is 0 Å². The van der Waals surface area contributed by atoms with Gasteiger partial charge in [-0.05, 0) is 60.5 Å². The minimum atomic E-state index is 0.693. The Kier molecular flexibility index (Phi) is 7.66. The SMILES string of the molecule is CCC/C(=C(/c1ccccc1)c1ccc(OCCN(C)C)cc1)c1ccccc1. The van der Waals surface area contributed by atoms with Gasteiger partial charge in [0.15, 0.2) is 0 Å². The molecule has 0 aromatic heterocycles. The Morgan fingerprint density at radius 1 is 0.724 bits per heavy atom. The molecule has 0 aliphatic heterocycles. The van der Waals surface area contributed by atoms with Crippen LogP contribution in [0.15, 0.2) is 84.9 Å². The minimum Gasteiger partial charge on any atom is -0.492 e. The molecular formula is C27H31NO. The summed E-state index contributed by atoms with van der Waals surface area (Å²) in [6, 6.07) is 30.0. The Balaban J connectivity index is 2.02. The highest BCUT2D eigenvalue weighted by Gasteiger charge is 2.13. The second-order valence-corrected chi connectivity index (χ2v) is 7.51. The first-order chi connectivity index (χ1) is 14.2. The predicted molar refractivity (Wildman–Crippen MR) is 124 cm³/mol. The van der Waals surface area contributed by atoms with E-state index in [1.54, 1.807) is 0 Å².